The van der Waals surface area contributed by atoms with E-state index in [1.54, 1.807) is 0 Å². The van der Waals surface area contributed by atoms with E-state index in [2.05, 4.69) is 0 Å². The Morgan fingerprint density at radius 2 is 0.833 bits per heavy atom. The van der Waals surface area contributed by atoms with E-state index in [9.17, 15) is 29.4 Å². The summed E-state index contributed by atoms with van der Waals surface area (Å²) < 4.78 is 0. The number of carbonyl (C=O) groups excluding carboxylic acids is 4. The van der Waals surface area contributed by atoms with Crippen LogP contribution >= 0.6 is 0 Å². The van der Waals surface area contributed by atoms with Crippen LogP contribution in [-0.4, -0.2) is 59.7 Å². The van der Waals surface area contributed by atoms with Gasteiger partial charge in [-0.3, -0.25) is 29.0 Å². The third kappa shape index (κ3) is 3.00. The minimum atomic E-state index is -0.486. The Hall–Kier alpha value is -3.10. The van der Waals surface area contributed by atoms with E-state index in [1.807, 2.05) is 0 Å². The van der Waals surface area contributed by atoms with E-state index in [0.717, 1.165) is 9.80 Å². The molecule has 0 atom stereocenters. The first-order valence-corrected chi connectivity index (χ1v) is 9.99. The maximum absolute atomic E-state index is 13.0. The van der Waals surface area contributed by atoms with Gasteiger partial charge >= 0.3 is 0 Å². The van der Waals surface area contributed by atoms with Gasteiger partial charge in [-0.05, 0) is 37.1 Å². The molecule has 2 heterocycles. The molecule has 156 valence electrons. The SMILES string of the molecule is O=C1c2ccc3c4c(ccc(c24)C(=O)N1CCCC[O-])C(=O)N(CCCC[O-])C3=O. The molecule has 0 N–H and O–H groups in total. The Kier molecular flexibility index (Phi) is 5.36. The smallest absolute Gasteiger partial charge is 0.261 e. The van der Waals surface area contributed by atoms with Crippen LogP contribution in [0.25, 0.3) is 10.8 Å². The van der Waals surface area contributed by atoms with Gasteiger partial charge in [-0.15, -0.1) is 13.2 Å². The van der Waals surface area contributed by atoms with Crippen molar-refractivity contribution in [1.82, 2.24) is 9.80 Å². The van der Waals surface area contributed by atoms with E-state index in [-0.39, 0.29) is 48.6 Å². The summed E-state index contributed by atoms with van der Waals surface area (Å²) in [5.41, 5.74) is 1.08. The summed E-state index contributed by atoms with van der Waals surface area (Å²) in [5.74, 6) is -1.94. The van der Waals surface area contributed by atoms with Crippen molar-refractivity contribution in [3.8, 4) is 0 Å². The summed E-state index contributed by atoms with van der Waals surface area (Å²) in [6.07, 6.45) is 1.57. The molecule has 30 heavy (non-hydrogen) atoms. The number of carbonyl (C=O) groups is 4. The number of rotatable bonds is 8. The number of hydrogen-bond donors (Lipinski definition) is 0. The minimum Gasteiger partial charge on any atom is -0.854 e. The normalized spacial score (nSPS) is 15.5. The molecule has 8 nitrogen and oxygen atoms in total. The van der Waals surface area contributed by atoms with Crippen molar-refractivity contribution in [3.05, 3.63) is 46.5 Å². The highest BCUT2D eigenvalue weighted by molar-refractivity contribution is 6.33. The fraction of sp³-hybridized carbons (Fsp3) is 0.364. The van der Waals surface area contributed by atoms with Gasteiger partial charge in [0.1, 0.15) is 0 Å². The summed E-state index contributed by atoms with van der Waals surface area (Å²) in [7, 11) is 0. The van der Waals surface area contributed by atoms with Gasteiger partial charge in [0.05, 0.1) is 0 Å². The lowest BCUT2D eigenvalue weighted by Gasteiger charge is -2.32. The van der Waals surface area contributed by atoms with Crippen molar-refractivity contribution < 1.29 is 29.4 Å². The number of unbranched alkanes of at least 4 members (excludes halogenated alkanes) is 2. The number of amides is 4. The largest absolute Gasteiger partial charge is 0.854 e. The fourth-order valence-corrected chi connectivity index (χ4v) is 4.12. The number of nitrogens with zero attached hydrogens (tertiary/aromatic N) is 2. The van der Waals surface area contributed by atoms with E-state index in [4.69, 9.17) is 0 Å². The number of imide groups is 2. The van der Waals surface area contributed by atoms with Gasteiger partial charge in [-0.1, -0.05) is 12.8 Å². The van der Waals surface area contributed by atoms with E-state index < -0.39 is 23.6 Å². The molecule has 2 aliphatic heterocycles. The predicted molar refractivity (Wildman–Crippen MR) is 103 cm³/mol. The van der Waals surface area contributed by atoms with Crippen molar-refractivity contribution in [2.75, 3.05) is 26.3 Å². The Morgan fingerprint density at radius 1 is 0.533 bits per heavy atom. The van der Waals surface area contributed by atoms with Gasteiger partial charge < -0.3 is 10.2 Å². The van der Waals surface area contributed by atoms with Crippen molar-refractivity contribution in [1.29, 1.82) is 0 Å². The van der Waals surface area contributed by atoms with Crippen LogP contribution in [0.1, 0.15) is 67.1 Å². The molecule has 0 aliphatic carbocycles. The highest BCUT2D eigenvalue weighted by Crippen LogP contribution is 2.37. The highest BCUT2D eigenvalue weighted by Gasteiger charge is 2.39. The Labute approximate surface area is 172 Å². The molecule has 0 spiro atoms. The lowest BCUT2D eigenvalue weighted by atomic mass is 9.86. The van der Waals surface area contributed by atoms with Gasteiger partial charge in [0.25, 0.3) is 23.6 Å². The van der Waals surface area contributed by atoms with Crippen LogP contribution in [0.5, 0.6) is 0 Å². The maximum Gasteiger partial charge on any atom is 0.261 e. The third-order valence-electron chi connectivity index (χ3n) is 5.62. The monoisotopic (exact) mass is 408 g/mol. The Bertz CT molecular complexity index is 922. The molecule has 0 bridgehead atoms. The summed E-state index contributed by atoms with van der Waals surface area (Å²) in [6.45, 7) is -0.249. The molecule has 0 fully saturated rings. The van der Waals surface area contributed by atoms with Gasteiger partial charge in [-0.25, -0.2) is 0 Å². The van der Waals surface area contributed by atoms with Crippen LogP contribution in [0, 0.1) is 0 Å². The topological polar surface area (TPSA) is 121 Å². The molecule has 8 heteroatoms. The van der Waals surface area contributed by atoms with E-state index in [1.165, 1.54) is 24.3 Å². The zero-order chi connectivity index (χ0) is 21.4. The van der Waals surface area contributed by atoms with Gasteiger partial charge in [0.2, 0.25) is 0 Å². The summed E-state index contributed by atoms with van der Waals surface area (Å²) in [6, 6.07) is 6.07. The molecular weight excluding hydrogens is 388 g/mol. The molecule has 4 rings (SSSR count). The minimum absolute atomic E-state index is 0.149. The second-order valence-electron chi connectivity index (χ2n) is 7.42. The maximum atomic E-state index is 13.0. The lowest BCUT2D eigenvalue weighted by Crippen LogP contribution is -2.43. The lowest BCUT2D eigenvalue weighted by molar-refractivity contribution is -0.368. The molecule has 0 saturated carbocycles. The van der Waals surface area contributed by atoms with Crippen molar-refractivity contribution >= 4 is 34.4 Å². The Balaban J connectivity index is 1.80. The van der Waals surface area contributed by atoms with Crippen LogP contribution < -0.4 is 10.2 Å². The van der Waals surface area contributed by atoms with Crippen LogP contribution in [-0.2, 0) is 0 Å². The average molecular weight is 408 g/mol. The molecule has 2 aromatic carbocycles. The van der Waals surface area contributed by atoms with Crippen molar-refractivity contribution in [2.45, 2.75) is 25.7 Å². The van der Waals surface area contributed by atoms with E-state index >= 15 is 0 Å². The Morgan fingerprint density at radius 3 is 1.10 bits per heavy atom. The first-order valence-electron chi connectivity index (χ1n) is 9.99. The molecule has 0 aromatic heterocycles. The summed E-state index contributed by atoms with van der Waals surface area (Å²) >= 11 is 0. The van der Waals surface area contributed by atoms with Crippen LogP contribution in [0.2, 0.25) is 0 Å². The zero-order valence-corrected chi connectivity index (χ0v) is 16.3. The second kappa shape index (κ2) is 7.97. The molecule has 0 saturated heterocycles. The number of benzene rings is 2. The van der Waals surface area contributed by atoms with Crippen molar-refractivity contribution in [2.24, 2.45) is 0 Å². The van der Waals surface area contributed by atoms with Crippen LogP contribution in [0.3, 0.4) is 0 Å². The quantitative estimate of drug-likeness (QED) is 0.458. The first kappa shape index (κ1) is 20.2. The van der Waals surface area contributed by atoms with Crippen molar-refractivity contribution in [3.63, 3.8) is 0 Å². The fourth-order valence-electron chi connectivity index (χ4n) is 4.12. The molecule has 4 amide bonds. The van der Waals surface area contributed by atoms with Gasteiger partial charge in [-0.2, -0.15) is 0 Å². The van der Waals surface area contributed by atoms with Crippen LogP contribution in [0.4, 0.5) is 0 Å². The summed E-state index contributed by atoms with van der Waals surface area (Å²) in [5, 5.41) is 22.1. The third-order valence-corrected chi connectivity index (χ3v) is 5.62. The first-order chi connectivity index (χ1) is 14.5. The van der Waals surface area contributed by atoms with E-state index in [0.29, 0.717) is 36.5 Å². The summed E-state index contributed by atoms with van der Waals surface area (Å²) in [4.78, 5) is 54.1. The molecule has 0 unspecified atom stereocenters. The zero-order valence-electron chi connectivity index (χ0n) is 16.3. The predicted octanol–water partition coefficient (Wildman–Crippen LogP) is 0.313. The average Bonchev–Trinajstić information content (AvgIpc) is 2.75. The van der Waals surface area contributed by atoms with Gasteiger partial charge in [0.15, 0.2) is 0 Å². The second-order valence-corrected chi connectivity index (χ2v) is 7.42. The van der Waals surface area contributed by atoms with Crippen LogP contribution in [0.15, 0.2) is 24.3 Å². The highest BCUT2D eigenvalue weighted by atomic mass is 16.3. The molecule has 0 radical (unpaired) electrons. The molecular formula is C22H20N2O6-2. The molecule has 2 aliphatic rings. The molecule has 2 aromatic rings. The number of hydrogen-bond acceptors (Lipinski definition) is 6. The van der Waals surface area contributed by atoms with Gasteiger partial charge in [0, 0.05) is 46.1 Å². The standard InChI is InChI=1S/C22H20N2O6/c25-11-3-1-9-23-19(27)13-5-7-15-18-16(8-6-14(17(13)18)20(23)28)22(30)24(21(15)29)10-2-4-12-26/h5-8H,1-4,9-12H2/q-2.